The highest BCUT2D eigenvalue weighted by Crippen LogP contribution is 2.44. The zero-order chi connectivity index (χ0) is 19.0. The van der Waals surface area contributed by atoms with Crippen LogP contribution in [0.15, 0.2) is 53.4 Å². The van der Waals surface area contributed by atoms with Gasteiger partial charge in [-0.2, -0.15) is 5.10 Å². The first-order valence-corrected chi connectivity index (χ1v) is 10.7. The van der Waals surface area contributed by atoms with E-state index in [9.17, 15) is 9.18 Å². The van der Waals surface area contributed by atoms with E-state index in [-0.39, 0.29) is 17.0 Å². The monoisotopic (exact) mass is 399 g/mol. The maximum atomic E-state index is 13.3. The molecule has 4 nitrogen and oxygen atoms in total. The molecule has 0 spiro atoms. The average Bonchev–Trinajstić information content (AvgIpc) is 2.88. The number of hydrogen-bond donors (Lipinski definition) is 1. The zero-order valence-electron chi connectivity index (χ0n) is 14.9. The number of carbonyl (C=O) groups is 1. The first-order valence-electron chi connectivity index (χ1n) is 8.47. The van der Waals surface area contributed by atoms with Crippen molar-refractivity contribution in [3.63, 3.8) is 0 Å². The largest absolute Gasteiger partial charge is 0.310 e. The molecule has 0 fully saturated rings. The molecule has 2 heterocycles. The smallest absolute Gasteiger partial charge is 0.235 e. The van der Waals surface area contributed by atoms with E-state index in [0.29, 0.717) is 17.3 Å². The van der Waals surface area contributed by atoms with Crippen LogP contribution in [0.1, 0.15) is 22.1 Å². The summed E-state index contributed by atoms with van der Waals surface area (Å²) in [4.78, 5) is 13.5. The van der Waals surface area contributed by atoms with E-state index in [1.807, 2.05) is 13.2 Å². The maximum absolute atomic E-state index is 13.3. The second-order valence-corrected chi connectivity index (χ2v) is 8.22. The van der Waals surface area contributed by atoms with Gasteiger partial charge in [0, 0.05) is 10.5 Å². The van der Waals surface area contributed by atoms with Crippen molar-refractivity contribution in [3.05, 3.63) is 71.2 Å². The van der Waals surface area contributed by atoms with Crippen molar-refractivity contribution in [2.24, 2.45) is 0 Å². The van der Waals surface area contributed by atoms with Gasteiger partial charge in [0.25, 0.3) is 0 Å². The van der Waals surface area contributed by atoms with E-state index < -0.39 is 0 Å². The van der Waals surface area contributed by atoms with Crippen molar-refractivity contribution in [1.82, 2.24) is 9.78 Å². The lowest BCUT2D eigenvalue weighted by atomic mass is 10.0. The molecular weight excluding hydrogens is 381 g/mol. The van der Waals surface area contributed by atoms with Crippen LogP contribution >= 0.6 is 23.5 Å². The Morgan fingerprint density at radius 3 is 2.56 bits per heavy atom. The molecule has 138 valence electrons. The number of carbonyl (C=O) groups excluding carboxylic acids is 1. The lowest BCUT2D eigenvalue weighted by Gasteiger charge is -2.15. The number of amides is 1. The van der Waals surface area contributed by atoms with Gasteiger partial charge in [0.15, 0.2) is 0 Å². The number of fused-ring (bicyclic) bond motifs is 1. The molecule has 3 aromatic rings. The van der Waals surface area contributed by atoms with Crippen LogP contribution in [0.5, 0.6) is 0 Å². The van der Waals surface area contributed by atoms with E-state index in [0.717, 1.165) is 16.8 Å². The number of aryl methyl sites for hydroxylation is 1. The number of rotatable bonds is 3. The number of halogens is 1. The van der Waals surface area contributed by atoms with Crippen LogP contribution in [0, 0.1) is 12.7 Å². The van der Waals surface area contributed by atoms with Gasteiger partial charge in [0.05, 0.1) is 22.4 Å². The highest BCUT2D eigenvalue weighted by Gasteiger charge is 2.30. The number of thioether (sulfide) groups is 2. The fraction of sp³-hybridized carbons (Fsp3) is 0.200. The molecule has 1 amide bonds. The van der Waals surface area contributed by atoms with Crippen LogP contribution in [0.3, 0.4) is 0 Å². The Bertz CT molecular complexity index is 984. The van der Waals surface area contributed by atoms with Gasteiger partial charge in [0.2, 0.25) is 5.91 Å². The van der Waals surface area contributed by atoms with Gasteiger partial charge in [0.1, 0.15) is 11.6 Å². The molecular formula is C20H18FN3OS2. The third kappa shape index (κ3) is 3.49. The minimum atomic E-state index is -0.305. The molecule has 0 saturated heterocycles. The van der Waals surface area contributed by atoms with Crippen molar-refractivity contribution < 1.29 is 9.18 Å². The summed E-state index contributed by atoms with van der Waals surface area (Å²) in [5.41, 5.74) is 3.69. The van der Waals surface area contributed by atoms with Gasteiger partial charge >= 0.3 is 0 Å². The highest BCUT2D eigenvalue weighted by atomic mass is 32.2. The number of hydrogen-bond acceptors (Lipinski definition) is 4. The van der Waals surface area contributed by atoms with E-state index in [4.69, 9.17) is 0 Å². The summed E-state index contributed by atoms with van der Waals surface area (Å²) in [6, 6.07) is 14.5. The molecule has 7 heteroatoms. The standard InChI is InChI=1S/C20H18FN3OS2/c1-12-18-19(13-3-9-16(26-2)10-4-13)27-11-17(25)22-20(18)24(23-12)15-7-5-14(21)6-8-15/h3-10,19H,11H2,1-2H3,(H,22,25)/t19-/m1/s1. The third-order valence-corrected chi connectivity index (χ3v) is 6.51. The normalized spacial score (nSPS) is 16.6. The second-order valence-electron chi connectivity index (χ2n) is 6.25. The first kappa shape index (κ1) is 18.1. The zero-order valence-corrected chi connectivity index (χ0v) is 16.5. The fourth-order valence-corrected chi connectivity index (χ4v) is 4.79. The lowest BCUT2D eigenvalue weighted by molar-refractivity contribution is -0.113. The molecule has 1 N–H and O–H groups in total. The Hall–Kier alpha value is -2.25. The molecule has 0 radical (unpaired) electrons. The Morgan fingerprint density at radius 2 is 1.89 bits per heavy atom. The lowest BCUT2D eigenvalue weighted by Crippen LogP contribution is -2.15. The molecule has 1 aliphatic rings. The molecule has 4 rings (SSSR count). The minimum Gasteiger partial charge on any atom is -0.310 e. The number of nitrogens with zero attached hydrogens (tertiary/aromatic N) is 2. The molecule has 0 bridgehead atoms. The van der Waals surface area contributed by atoms with Crippen LogP contribution in [-0.4, -0.2) is 27.7 Å². The van der Waals surface area contributed by atoms with Crippen LogP contribution in [0.4, 0.5) is 10.2 Å². The topological polar surface area (TPSA) is 46.9 Å². The summed E-state index contributed by atoms with van der Waals surface area (Å²) >= 11 is 3.29. The number of benzene rings is 2. The van der Waals surface area contributed by atoms with Crippen molar-refractivity contribution in [2.75, 3.05) is 17.3 Å². The van der Waals surface area contributed by atoms with Crippen LogP contribution in [0.25, 0.3) is 5.69 Å². The highest BCUT2D eigenvalue weighted by molar-refractivity contribution is 8.00. The van der Waals surface area contributed by atoms with E-state index in [2.05, 4.69) is 34.7 Å². The number of aromatic nitrogens is 2. The fourth-order valence-electron chi connectivity index (χ4n) is 3.19. The first-order chi connectivity index (χ1) is 13.1. The van der Waals surface area contributed by atoms with Gasteiger partial charge < -0.3 is 5.32 Å². The van der Waals surface area contributed by atoms with E-state index in [1.165, 1.54) is 17.0 Å². The van der Waals surface area contributed by atoms with E-state index >= 15 is 0 Å². The van der Waals surface area contributed by atoms with Crippen molar-refractivity contribution in [3.8, 4) is 5.69 Å². The van der Waals surface area contributed by atoms with Gasteiger partial charge in [-0.05, 0) is 55.1 Å². The summed E-state index contributed by atoms with van der Waals surface area (Å²) in [7, 11) is 0. The molecule has 0 saturated carbocycles. The second kappa shape index (κ2) is 7.40. The SMILES string of the molecule is CSc1ccc([C@H]2SCC(=O)Nc3c2c(C)nn3-c2ccc(F)cc2)cc1. The van der Waals surface area contributed by atoms with Crippen LogP contribution in [-0.2, 0) is 4.79 Å². The third-order valence-electron chi connectivity index (χ3n) is 4.50. The summed E-state index contributed by atoms with van der Waals surface area (Å²) < 4.78 is 15.0. The minimum absolute atomic E-state index is 0.00375. The van der Waals surface area contributed by atoms with E-state index in [1.54, 1.807) is 40.3 Å². The molecule has 1 aliphatic heterocycles. The molecule has 0 unspecified atom stereocenters. The Kier molecular flexibility index (Phi) is 4.97. The Labute approximate surface area is 165 Å². The Morgan fingerprint density at radius 1 is 1.19 bits per heavy atom. The Balaban J connectivity index is 1.84. The summed E-state index contributed by atoms with van der Waals surface area (Å²) in [5.74, 6) is 0.660. The quantitative estimate of drug-likeness (QED) is 0.642. The summed E-state index contributed by atoms with van der Waals surface area (Å²) in [6.45, 7) is 1.94. The molecule has 0 aliphatic carbocycles. The maximum Gasteiger partial charge on any atom is 0.235 e. The van der Waals surface area contributed by atoms with Crippen molar-refractivity contribution >= 4 is 35.2 Å². The molecule has 27 heavy (non-hydrogen) atoms. The number of anilines is 1. The van der Waals surface area contributed by atoms with Gasteiger partial charge in [-0.15, -0.1) is 23.5 Å². The van der Waals surface area contributed by atoms with Crippen LogP contribution in [0.2, 0.25) is 0 Å². The number of nitrogens with one attached hydrogen (secondary N) is 1. The predicted molar refractivity (Wildman–Crippen MR) is 109 cm³/mol. The average molecular weight is 400 g/mol. The summed E-state index contributed by atoms with van der Waals surface area (Å²) in [6.07, 6.45) is 2.05. The molecule has 2 aromatic carbocycles. The van der Waals surface area contributed by atoms with Crippen molar-refractivity contribution in [2.45, 2.75) is 17.1 Å². The van der Waals surface area contributed by atoms with Gasteiger partial charge in [-0.3, -0.25) is 4.79 Å². The molecule has 1 aromatic heterocycles. The van der Waals surface area contributed by atoms with Crippen LogP contribution < -0.4 is 5.32 Å². The van der Waals surface area contributed by atoms with Crippen molar-refractivity contribution in [1.29, 1.82) is 0 Å². The summed E-state index contributed by atoms with van der Waals surface area (Å²) in [5, 5.41) is 7.63. The van der Waals surface area contributed by atoms with Gasteiger partial charge in [-0.25, -0.2) is 9.07 Å². The predicted octanol–water partition coefficient (Wildman–Crippen LogP) is 4.82. The van der Waals surface area contributed by atoms with Gasteiger partial charge in [-0.1, -0.05) is 12.1 Å². The molecule has 1 atom stereocenters.